The van der Waals surface area contributed by atoms with Crippen LogP contribution in [-0.4, -0.2) is 132 Å². The van der Waals surface area contributed by atoms with E-state index in [2.05, 4.69) is 51.2 Å². The van der Waals surface area contributed by atoms with E-state index in [1.807, 2.05) is 13.8 Å². The zero-order chi connectivity index (χ0) is 39.6. The highest BCUT2D eigenvalue weighted by molar-refractivity contribution is 5.99. The van der Waals surface area contributed by atoms with Crippen LogP contribution in [0.25, 0.3) is 0 Å². The number of fused-ring (bicyclic) bond motifs is 5. The summed E-state index contributed by atoms with van der Waals surface area (Å²) in [5, 5.41) is 3.82. The predicted octanol–water partition coefficient (Wildman–Crippen LogP) is 5.30. The first-order valence-corrected chi connectivity index (χ1v) is 21.5. The van der Waals surface area contributed by atoms with E-state index in [0.717, 1.165) is 63.5 Å². The highest BCUT2D eigenvalue weighted by Gasteiger charge is 2.56. The van der Waals surface area contributed by atoms with Crippen molar-refractivity contribution in [3.63, 3.8) is 0 Å². The van der Waals surface area contributed by atoms with Crippen molar-refractivity contribution in [2.24, 2.45) is 35.5 Å². The number of esters is 1. The van der Waals surface area contributed by atoms with E-state index >= 15 is 0 Å². The normalized spacial score (nSPS) is 45.5. The lowest BCUT2D eigenvalue weighted by molar-refractivity contribution is -0.314. The van der Waals surface area contributed by atoms with E-state index in [4.69, 9.17) is 37.9 Å². The smallest absolute Gasteiger partial charge is 0.306 e. The highest BCUT2D eigenvalue weighted by Crippen LogP contribution is 2.57. The number of rotatable bonds is 11. The van der Waals surface area contributed by atoms with Crippen LogP contribution in [0.4, 0.5) is 0 Å². The Morgan fingerprint density at radius 1 is 0.818 bits per heavy atom. The molecule has 3 aliphatic heterocycles. The molecule has 0 radical (unpaired) electrons. The number of methoxy groups -OCH3 is 3. The molecule has 0 aromatic heterocycles. The molecule has 0 aromatic rings. The topological polar surface area (TPSA) is 123 Å². The molecule has 2 saturated carbocycles. The first-order valence-electron chi connectivity index (χ1n) is 21.5. The molecule has 3 aliphatic carbocycles. The molecular weight excluding hydrogens is 704 g/mol. The fourth-order valence-electron chi connectivity index (χ4n) is 11.5. The van der Waals surface area contributed by atoms with Crippen LogP contribution in [0, 0.1) is 35.5 Å². The van der Waals surface area contributed by atoms with Gasteiger partial charge in [0.15, 0.2) is 18.4 Å². The van der Waals surface area contributed by atoms with Crippen LogP contribution >= 0.6 is 0 Å². The fraction of sp³-hybridized carbons (Fsp3) is 0.907. The van der Waals surface area contributed by atoms with E-state index in [-0.39, 0.29) is 103 Å². The summed E-state index contributed by atoms with van der Waals surface area (Å²) in [6, 6.07) is 0.580. The number of hydrogen-bond acceptors (Lipinski definition) is 12. The molecule has 6 rings (SSSR count). The minimum absolute atomic E-state index is 0.0360. The van der Waals surface area contributed by atoms with Crippen molar-refractivity contribution in [3.8, 4) is 0 Å². The van der Waals surface area contributed by atoms with Gasteiger partial charge < -0.3 is 48.1 Å². The second-order valence-corrected chi connectivity index (χ2v) is 17.6. The number of carbonyl (C=O) groups is 2. The van der Waals surface area contributed by atoms with Crippen molar-refractivity contribution in [2.75, 3.05) is 42.0 Å². The van der Waals surface area contributed by atoms with Crippen molar-refractivity contribution < 1.29 is 47.5 Å². The Hall–Kier alpha value is -1.48. The molecule has 4 unspecified atom stereocenters. The van der Waals surface area contributed by atoms with Crippen LogP contribution in [0.5, 0.6) is 0 Å². The van der Waals surface area contributed by atoms with Gasteiger partial charge in [-0.15, -0.1) is 0 Å². The number of hydrogen-bond donors (Lipinski definition) is 1. The first-order chi connectivity index (χ1) is 26.4. The SMILES string of the molecule is CCN[C@@H]1C[C@@H]2[C@@H](C=C3C(=O)[C@H](C)[C@@H](O[C@H]4CC[C@H](N(C)C)C(C)O4)CCC[C@H](CC)OC(=O)C[C@H]32)[C@@H]2C[C@H](O[C@@H]3OC(C)[C@H](OC)C(OC)C3OC)C[C@H]21. The molecule has 12 nitrogen and oxygen atoms in total. The maximum absolute atomic E-state index is 14.9. The quantitative estimate of drug-likeness (QED) is 0.274. The third-order valence-corrected chi connectivity index (χ3v) is 14.3. The van der Waals surface area contributed by atoms with Crippen LogP contribution in [0.2, 0.25) is 0 Å². The zero-order valence-corrected chi connectivity index (χ0v) is 35.3. The summed E-state index contributed by atoms with van der Waals surface area (Å²) in [5.74, 6) is 0.289. The molecule has 1 N–H and O–H groups in total. The van der Waals surface area contributed by atoms with Gasteiger partial charge in [-0.05, 0) is 122 Å². The van der Waals surface area contributed by atoms with E-state index in [1.165, 1.54) is 0 Å². The van der Waals surface area contributed by atoms with Crippen LogP contribution < -0.4 is 5.32 Å². The molecule has 6 aliphatic rings. The van der Waals surface area contributed by atoms with Crippen molar-refractivity contribution in [2.45, 2.75) is 172 Å². The van der Waals surface area contributed by atoms with Gasteiger partial charge in [0, 0.05) is 45.2 Å². The van der Waals surface area contributed by atoms with Gasteiger partial charge in [0.1, 0.15) is 24.4 Å². The maximum atomic E-state index is 14.9. The second kappa shape index (κ2) is 19.1. The molecule has 3 saturated heterocycles. The second-order valence-electron chi connectivity index (χ2n) is 17.6. The Kier molecular flexibility index (Phi) is 14.9. The van der Waals surface area contributed by atoms with Crippen LogP contribution in [0.15, 0.2) is 11.6 Å². The summed E-state index contributed by atoms with van der Waals surface area (Å²) in [6.45, 7) is 11.2. The van der Waals surface area contributed by atoms with Gasteiger partial charge in [-0.2, -0.15) is 0 Å². The number of likely N-dealkylation sites (N-methyl/N-ethyl adjacent to an activating group) is 1. The average Bonchev–Trinajstić information content (AvgIpc) is 3.74. The molecule has 0 aromatic carbocycles. The number of nitrogens with zero attached hydrogens (tertiary/aromatic N) is 1. The predicted molar refractivity (Wildman–Crippen MR) is 207 cm³/mol. The fourth-order valence-corrected chi connectivity index (χ4v) is 11.5. The molecule has 55 heavy (non-hydrogen) atoms. The van der Waals surface area contributed by atoms with Gasteiger partial charge in [0.05, 0.1) is 30.8 Å². The third kappa shape index (κ3) is 9.23. The number of ketones is 1. The van der Waals surface area contributed by atoms with Crippen LogP contribution in [0.1, 0.15) is 98.8 Å². The van der Waals surface area contributed by atoms with Crippen molar-refractivity contribution in [1.29, 1.82) is 0 Å². The Morgan fingerprint density at radius 3 is 2.20 bits per heavy atom. The van der Waals surface area contributed by atoms with Gasteiger partial charge >= 0.3 is 5.97 Å². The van der Waals surface area contributed by atoms with Gasteiger partial charge in [0.2, 0.25) is 0 Å². The molecular formula is C43H72N2O10. The van der Waals surface area contributed by atoms with Crippen molar-refractivity contribution >= 4 is 11.8 Å². The first kappa shape index (κ1) is 43.1. The Bertz CT molecular complexity index is 1310. The number of cyclic esters (lactones) is 1. The van der Waals surface area contributed by atoms with Crippen molar-refractivity contribution in [3.05, 3.63) is 11.6 Å². The van der Waals surface area contributed by atoms with Crippen LogP contribution in [0.3, 0.4) is 0 Å². The summed E-state index contributed by atoms with van der Waals surface area (Å²) < 4.78 is 50.1. The average molecular weight is 777 g/mol. The summed E-state index contributed by atoms with van der Waals surface area (Å²) in [5.41, 5.74) is 0.796. The van der Waals surface area contributed by atoms with E-state index in [0.29, 0.717) is 18.4 Å². The number of ether oxygens (including phenoxy) is 8. The van der Waals surface area contributed by atoms with Gasteiger partial charge in [-0.25, -0.2) is 0 Å². The largest absolute Gasteiger partial charge is 0.462 e. The lowest BCUT2D eigenvalue weighted by atomic mass is 9.64. The number of carbonyl (C=O) groups excluding carboxylic acids is 2. The van der Waals surface area contributed by atoms with Gasteiger partial charge in [-0.3, -0.25) is 9.59 Å². The standard InChI is InChI=1S/C43H72N2O10/c1-11-26-14-13-15-36(55-38-17-16-35(45(6)7)24(4)51-38)23(3)39(47)33-20-29-28-18-27(54-43-42(50-10)41(49-9)40(48-8)25(5)52-43)19-32(28)34(44-12-2)21-30(29)31(33)22-37(46)53-26/h20,23-32,34-36,38,40-44H,11-19,21-22H2,1-10H3/t23-,24?,25?,26+,27+,28+,29+,30-,31+,32-,34-,35+,36+,38+,40+,41?,42?,43+/m1/s1. The molecule has 3 heterocycles. The number of nitrogens with one attached hydrogen (secondary N) is 1. The molecule has 5 fully saturated rings. The highest BCUT2D eigenvalue weighted by atomic mass is 16.7. The molecule has 0 bridgehead atoms. The molecule has 12 heteroatoms. The van der Waals surface area contributed by atoms with E-state index in [1.54, 1.807) is 21.3 Å². The van der Waals surface area contributed by atoms with Crippen molar-refractivity contribution in [1.82, 2.24) is 10.2 Å². The summed E-state index contributed by atoms with van der Waals surface area (Å²) in [6.07, 6.45) is 7.23. The molecule has 18 atom stereocenters. The Morgan fingerprint density at radius 2 is 1.55 bits per heavy atom. The summed E-state index contributed by atoms with van der Waals surface area (Å²) in [7, 11) is 9.19. The maximum Gasteiger partial charge on any atom is 0.306 e. The van der Waals surface area contributed by atoms with E-state index in [9.17, 15) is 9.59 Å². The summed E-state index contributed by atoms with van der Waals surface area (Å²) in [4.78, 5) is 30.8. The van der Waals surface area contributed by atoms with E-state index < -0.39 is 12.4 Å². The minimum Gasteiger partial charge on any atom is -0.462 e. The zero-order valence-electron chi connectivity index (χ0n) is 35.3. The molecule has 0 amide bonds. The third-order valence-electron chi connectivity index (χ3n) is 14.3. The lowest BCUT2D eigenvalue weighted by Gasteiger charge is -2.44. The number of Topliss-reactive ketones (excluding diaryl/α,β-unsaturated/α-hetero) is 1. The minimum atomic E-state index is -0.600. The molecule has 314 valence electrons. The van der Waals surface area contributed by atoms with Gasteiger partial charge in [0.25, 0.3) is 0 Å². The lowest BCUT2D eigenvalue weighted by Crippen LogP contribution is -2.59. The number of allylic oxidation sites excluding steroid dienone is 2. The molecule has 0 spiro atoms. The van der Waals surface area contributed by atoms with Crippen LogP contribution in [-0.2, 0) is 47.5 Å². The Labute approximate surface area is 330 Å². The summed E-state index contributed by atoms with van der Waals surface area (Å²) >= 11 is 0. The van der Waals surface area contributed by atoms with Gasteiger partial charge in [-0.1, -0.05) is 26.8 Å². The Balaban J connectivity index is 1.25. The monoisotopic (exact) mass is 777 g/mol.